The predicted molar refractivity (Wildman–Crippen MR) is 61.9 cm³/mol. The monoisotopic (exact) mass is 245 g/mol. The van der Waals surface area contributed by atoms with Crippen LogP contribution >= 0.6 is 0 Å². The molecule has 0 saturated heterocycles. The van der Waals surface area contributed by atoms with Crippen LogP contribution in [0.1, 0.15) is 38.7 Å². The molecule has 0 saturated carbocycles. The van der Waals surface area contributed by atoms with Crippen LogP contribution in [0.2, 0.25) is 0 Å². The van der Waals surface area contributed by atoms with Crippen molar-refractivity contribution in [1.82, 2.24) is 4.57 Å². The van der Waals surface area contributed by atoms with Gasteiger partial charge >= 0.3 is 5.97 Å². The lowest BCUT2D eigenvalue weighted by molar-refractivity contribution is 0.0696. The second-order valence-corrected chi connectivity index (χ2v) is 4.26. The van der Waals surface area contributed by atoms with Gasteiger partial charge in [-0.05, 0) is 31.0 Å². The number of carboxylic acids is 1. The standard InChI is InChI=1S/C13H11NO4/c15-12(11-4-2-6-18-11)10-7-8(13(16)17)9-3-1-5-14(9)10/h2,4,6-7H,1,3,5H2,(H,16,17). The van der Waals surface area contributed by atoms with Gasteiger partial charge in [0.25, 0.3) is 0 Å². The third kappa shape index (κ3) is 1.48. The van der Waals surface area contributed by atoms with Crippen molar-refractivity contribution in [1.29, 1.82) is 0 Å². The lowest BCUT2D eigenvalue weighted by Gasteiger charge is -2.02. The van der Waals surface area contributed by atoms with E-state index in [1.807, 2.05) is 0 Å². The second-order valence-electron chi connectivity index (χ2n) is 4.26. The number of hydrogen-bond acceptors (Lipinski definition) is 3. The van der Waals surface area contributed by atoms with Crippen LogP contribution < -0.4 is 0 Å². The Balaban J connectivity index is 2.11. The molecule has 92 valence electrons. The first-order valence-corrected chi connectivity index (χ1v) is 5.72. The van der Waals surface area contributed by atoms with Crippen molar-refractivity contribution < 1.29 is 19.1 Å². The highest BCUT2D eigenvalue weighted by atomic mass is 16.4. The van der Waals surface area contributed by atoms with Crippen LogP contribution in [0.4, 0.5) is 0 Å². The zero-order chi connectivity index (χ0) is 12.7. The van der Waals surface area contributed by atoms with Crippen LogP contribution in [0.5, 0.6) is 0 Å². The van der Waals surface area contributed by atoms with Gasteiger partial charge in [-0.3, -0.25) is 4.79 Å². The van der Waals surface area contributed by atoms with Gasteiger partial charge in [0.1, 0.15) is 0 Å². The number of nitrogens with zero attached hydrogens (tertiary/aromatic N) is 1. The Kier molecular flexibility index (Phi) is 2.33. The van der Waals surface area contributed by atoms with Gasteiger partial charge in [-0.1, -0.05) is 0 Å². The first kappa shape index (κ1) is 10.8. The SMILES string of the molecule is O=C(O)c1cc(C(=O)c2ccco2)n2c1CCC2. The quantitative estimate of drug-likeness (QED) is 0.839. The Morgan fingerprint density at radius 2 is 2.22 bits per heavy atom. The fourth-order valence-corrected chi connectivity index (χ4v) is 2.43. The smallest absolute Gasteiger partial charge is 0.337 e. The molecule has 5 nitrogen and oxygen atoms in total. The third-order valence-corrected chi connectivity index (χ3v) is 3.21. The maximum Gasteiger partial charge on any atom is 0.337 e. The zero-order valence-electron chi connectivity index (χ0n) is 9.55. The number of carbonyl (C=O) groups is 2. The average molecular weight is 245 g/mol. The molecule has 0 fully saturated rings. The summed E-state index contributed by atoms with van der Waals surface area (Å²) in [5.74, 6) is -1.02. The van der Waals surface area contributed by atoms with Crippen molar-refractivity contribution in [3.63, 3.8) is 0 Å². The lowest BCUT2D eigenvalue weighted by atomic mass is 10.1. The molecule has 2 aromatic rings. The number of hydrogen-bond donors (Lipinski definition) is 1. The van der Waals surface area contributed by atoms with Crippen molar-refractivity contribution in [2.45, 2.75) is 19.4 Å². The van der Waals surface area contributed by atoms with E-state index in [1.165, 1.54) is 12.3 Å². The molecule has 0 bridgehead atoms. The summed E-state index contributed by atoms with van der Waals surface area (Å²) in [6, 6.07) is 4.67. The molecule has 0 unspecified atom stereocenters. The summed E-state index contributed by atoms with van der Waals surface area (Å²) in [5.41, 5.74) is 1.36. The largest absolute Gasteiger partial charge is 0.478 e. The van der Waals surface area contributed by atoms with E-state index in [9.17, 15) is 9.59 Å². The predicted octanol–water partition coefficient (Wildman–Crippen LogP) is 1.96. The molecular formula is C13H11NO4. The summed E-state index contributed by atoms with van der Waals surface area (Å²) in [6.45, 7) is 0.685. The molecule has 3 rings (SSSR count). The van der Waals surface area contributed by atoms with Gasteiger partial charge in [0.2, 0.25) is 5.78 Å². The highest BCUT2D eigenvalue weighted by Crippen LogP contribution is 2.26. The summed E-state index contributed by atoms with van der Waals surface area (Å²) in [5, 5.41) is 9.13. The first-order chi connectivity index (χ1) is 8.68. The number of aromatic nitrogens is 1. The van der Waals surface area contributed by atoms with E-state index < -0.39 is 5.97 Å². The molecule has 2 aromatic heterocycles. The summed E-state index contributed by atoms with van der Waals surface area (Å²) in [7, 11) is 0. The number of furan rings is 1. The van der Waals surface area contributed by atoms with Gasteiger partial charge in [-0.2, -0.15) is 0 Å². The molecule has 0 atom stereocenters. The Labute approximate surface area is 103 Å². The van der Waals surface area contributed by atoms with E-state index in [0.29, 0.717) is 18.7 Å². The average Bonchev–Trinajstić information content (AvgIpc) is 3.04. The highest BCUT2D eigenvalue weighted by molar-refractivity contribution is 6.07. The van der Waals surface area contributed by atoms with Gasteiger partial charge in [-0.15, -0.1) is 0 Å². The molecule has 5 heteroatoms. The van der Waals surface area contributed by atoms with E-state index in [0.717, 1.165) is 12.1 Å². The van der Waals surface area contributed by atoms with Crippen LogP contribution in [0.25, 0.3) is 0 Å². The van der Waals surface area contributed by atoms with Crippen molar-refractivity contribution >= 4 is 11.8 Å². The molecule has 1 N–H and O–H groups in total. The minimum atomic E-state index is -0.987. The zero-order valence-corrected chi connectivity index (χ0v) is 9.55. The van der Waals surface area contributed by atoms with Crippen LogP contribution in [0.3, 0.4) is 0 Å². The lowest BCUT2D eigenvalue weighted by Crippen LogP contribution is -2.07. The van der Waals surface area contributed by atoms with Crippen molar-refractivity contribution in [3.05, 3.63) is 47.2 Å². The molecule has 0 amide bonds. The summed E-state index contributed by atoms with van der Waals surface area (Å²) in [6.07, 6.45) is 3.00. The van der Waals surface area contributed by atoms with E-state index in [-0.39, 0.29) is 17.1 Å². The van der Waals surface area contributed by atoms with Crippen molar-refractivity contribution in [3.8, 4) is 0 Å². The maximum atomic E-state index is 12.2. The van der Waals surface area contributed by atoms with Gasteiger partial charge in [-0.25, -0.2) is 4.79 Å². The molecular weight excluding hydrogens is 234 g/mol. The Hall–Kier alpha value is -2.30. The molecule has 1 aliphatic rings. The molecule has 3 heterocycles. The molecule has 18 heavy (non-hydrogen) atoms. The Morgan fingerprint density at radius 1 is 1.39 bits per heavy atom. The van der Waals surface area contributed by atoms with Gasteiger partial charge < -0.3 is 14.1 Å². The van der Waals surface area contributed by atoms with E-state index in [2.05, 4.69) is 0 Å². The number of carboxylic acid groups (broad SMARTS) is 1. The van der Waals surface area contributed by atoms with Gasteiger partial charge in [0.15, 0.2) is 5.76 Å². The number of carbonyl (C=O) groups excluding carboxylic acids is 1. The number of rotatable bonds is 3. The summed E-state index contributed by atoms with van der Waals surface area (Å²) >= 11 is 0. The Bertz CT molecular complexity index is 622. The number of ketones is 1. The van der Waals surface area contributed by atoms with Gasteiger partial charge in [0.05, 0.1) is 17.5 Å². The first-order valence-electron chi connectivity index (χ1n) is 5.72. The second kappa shape index (κ2) is 3.87. The van der Waals surface area contributed by atoms with Crippen molar-refractivity contribution in [2.75, 3.05) is 0 Å². The molecule has 0 spiro atoms. The van der Waals surface area contributed by atoms with Gasteiger partial charge in [0, 0.05) is 12.2 Å². The summed E-state index contributed by atoms with van der Waals surface area (Å²) in [4.78, 5) is 23.3. The van der Waals surface area contributed by atoms with Crippen molar-refractivity contribution in [2.24, 2.45) is 0 Å². The minimum absolute atomic E-state index is 0.224. The molecule has 0 aromatic carbocycles. The molecule has 0 radical (unpaired) electrons. The van der Waals surface area contributed by atoms with E-state index >= 15 is 0 Å². The molecule has 1 aliphatic heterocycles. The fraction of sp³-hybridized carbons (Fsp3) is 0.231. The van der Waals surface area contributed by atoms with Crippen LogP contribution in [-0.2, 0) is 13.0 Å². The fourth-order valence-electron chi connectivity index (χ4n) is 2.43. The van der Waals surface area contributed by atoms with E-state index in [1.54, 1.807) is 16.7 Å². The van der Waals surface area contributed by atoms with Crippen LogP contribution in [0.15, 0.2) is 28.9 Å². The van der Waals surface area contributed by atoms with E-state index in [4.69, 9.17) is 9.52 Å². The number of aromatic carboxylic acids is 1. The highest BCUT2D eigenvalue weighted by Gasteiger charge is 2.27. The third-order valence-electron chi connectivity index (χ3n) is 3.21. The molecule has 0 aliphatic carbocycles. The number of fused-ring (bicyclic) bond motifs is 1. The maximum absolute atomic E-state index is 12.2. The minimum Gasteiger partial charge on any atom is -0.478 e. The summed E-state index contributed by atoms with van der Waals surface area (Å²) < 4.78 is 6.85. The Morgan fingerprint density at radius 3 is 2.89 bits per heavy atom. The normalized spacial score (nSPS) is 13.6. The topological polar surface area (TPSA) is 72.4 Å². The van der Waals surface area contributed by atoms with Crippen LogP contribution in [0, 0.1) is 0 Å². The van der Waals surface area contributed by atoms with Crippen LogP contribution in [-0.4, -0.2) is 21.4 Å².